The molecule has 0 amide bonds. The van der Waals surface area contributed by atoms with Crippen LogP contribution in [-0.4, -0.2) is 7.11 Å². The third-order valence-corrected chi connectivity index (χ3v) is 3.96. The molecule has 1 heterocycles. The highest BCUT2D eigenvalue weighted by atomic mass is 79.9. The van der Waals surface area contributed by atoms with Gasteiger partial charge >= 0.3 is 0 Å². The minimum atomic E-state index is -0.277. The Morgan fingerprint density at radius 1 is 1.41 bits per heavy atom. The van der Waals surface area contributed by atoms with Gasteiger partial charge in [-0.05, 0) is 30.7 Å². The van der Waals surface area contributed by atoms with Crippen molar-refractivity contribution in [1.29, 1.82) is 0 Å². The molecule has 2 rings (SSSR count). The van der Waals surface area contributed by atoms with Gasteiger partial charge in [-0.2, -0.15) is 0 Å². The van der Waals surface area contributed by atoms with E-state index in [1.54, 1.807) is 19.6 Å². The van der Waals surface area contributed by atoms with Gasteiger partial charge in [-0.3, -0.25) is 0 Å². The summed E-state index contributed by atoms with van der Waals surface area (Å²) in [6.07, 6.45) is 3.26. The van der Waals surface area contributed by atoms with Gasteiger partial charge in [0.25, 0.3) is 0 Å². The van der Waals surface area contributed by atoms with Crippen LogP contribution in [0, 0.1) is 6.92 Å². The van der Waals surface area contributed by atoms with Crippen molar-refractivity contribution in [3.8, 4) is 5.75 Å². The van der Waals surface area contributed by atoms with Crippen molar-refractivity contribution in [2.24, 2.45) is 0 Å². The van der Waals surface area contributed by atoms with Crippen molar-refractivity contribution in [3.05, 3.63) is 51.9 Å². The minimum absolute atomic E-state index is 0.277. The van der Waals surface area contributed by atoms with Crippen molar-refractivity contribution in [3.63, 3.8) is 0 Å². The molecule has 4 heteroatoms. The zero-order valence-electron chi connectivity index (χ0n) is 9.54. The molecular weight excluding hydrogens is 303 g/mol. The molecule has 2 aromatic rings. The van der Waals surface area contributed by atoms with Crippen LogP contribution >= 0.6 is 27.5 Å². The molecule has 0 saturated carbocycles. The first-order valence-electron chi connectivity index (χ1n) is 5.13. The van der Waals surface area contributed by atoms with Crippen molar-refractivity contribution in [2.75, 3.05) is 7.11 Å². The Kier molecular flexibility index (Phi) is 3.79. The molecule has 0 spiro atoms. The SMILES string of the molecule is COc1cc(C)c(Br)cc1C(Cl)c1ccoc1. The topological polar surface area (TPSA) is 22.4 Å². The fourth-order valence-electron chi connectivity index (χ4n) is 1.64. The molecule has 0 N–H and O–H groups in total. The third-order valence-electron chi connectivity index (χ3n) is 2.62. The van der Waals surface area contributed by atoms with Gasteiger partial charge in [0.1, 0.15) is 5.75 Å². The van der Waals surface area contributed by atoms with Gasteiger partial charge in [0.2, 0.25) is 0 Å². The number of hydrogen-bond acceptors (Lipinski definition) is 2. The van der Waals surface area contributed by atoms with E-state index < -0.39 is 0 Å². The number of ether oxygens (including phenoxy) is 1. The molecule has 17 heavy (non-hydrogen) atoms. The number of furan rings is 1. The van der Waals surface area contributed by atoms with Crippen LogP contribution in [0.5, 0.6) is 5.75 Å². The number of benzene rings is 1. The van der Waals surface area contributed by atoms with Gasteiger partial charge in [-0.15, -0.1) is 11.6 Å². The lowest BCUT2D eigenvalue weighted by atomic mass is 10.0. The number of aryl methyl sites for hydroxylation is 1. The maximum atomic E-state index is 6.42. The van der Waals surface area contributed by atoms with Crippen LogP contribution in [0.1, 0.15) is 22.1 Å². The van der Waals surface area contributed by atoms with Crippen molar-refractivity contribution < 1.29 is 9.15 Å². The average molecular weight is 316 g/mol. The Morgan fingerprint density at radius 3 is 2.76 bits per heavy atom. The predicted molar refractivity (Wildman–Crippen MR) is 71.8 cm³/mol. The predicted octanol–water partition coefficient (Wildman–Crippen LogP) is 4.69. The van der Waals surface area contributed by atoms with Gasteiger partial charge in [0, 0.05) is 15.6 Å². The van der Waals surface area contributed by atoms with Gasteiger partial charge in [0.15, 0.2) is 0 Å². The molecule has 1 aromatic carbocycles. The van der Waals surface area contributed by atoms with E-state index in [4.69, 9.17) is 20.8 Å². The summed E-state index contributed by atoms with van der Waals surface area (Å²) in [4.78, 5) is 0. The molecule has 0 aliphatic heterocycles. The Morgan fingerprint density at radius 2 is 2.18 bits per heavy atom. The highest BCUT2D eigenvalue weighted by Gasteiger charge is 2.18. The van der Waals surface area contributed by atoms with Gasteiger partial charge in [-0.1, -0.05) is 15.9 Å². The first-order valence-corrected chi connectivity index (χ1v) is 6.36. The molecule has 1 atom stereocenters. The molecule has 0 bridgehead atoms. The fourth-order valence-corrected chi connectivity index (χ4v) is 2.30. The zero-order chi connectivity index (χ0) is 12.4. The van der Waals surface area contributed by atoms with Crippen LogP contribution < -0.4 is 4.74 Å². The molecule has 0 fully saturated rings. The number of halogens is 2. The van der Waals surface area contributed by atoms with E-state index in [1.165, 1.54) is 0 Å². The van der Waals surface area contributed by atoms with Crippen molar-refractivity contribution in [1.82, 2.24) is 0 Å². The molecule has 1 unspecified atom stereocenters. The third kappa shape index (κ3) is 2.50. The fraction of sp³-hybridized carbons (Fsp3) is 0.231. The summed E-state index contributed by atoms with van der Waals surface area (Å²) in [6, 6.07) is 5.80. The molecule has 0 aliphatic rings. The van der Waals surface area contributed by atoms with E-state index in [0.717, 1.165) is 26.9 Å². The molecule has 90 valence electrons. The van der Waals surface area contributed by atoms with E-state index >= 15 is 0 Å². The van der Waals surface area contributed by atoms with E-state index in [0.29, 0.717) is 0 Å². The Bertz CT molecular complexity index is 508. The van der Waals surface area contributed by atoms with Crippen LogP contribution in [0.3, 0.4) is 0 Å². The van der Waals surface area contributed by atoms with Gasteiger partial charge in [0.05, 0.1) is 25.0 Å². The van der Waals surface area contributed by atoms with Crippen molar-refractivity contribution in [2.45, 2.75) is 12.3 Å². The average Bonchev–Trinajstić information content (AvgIpc) is 2.84. The largest absolute Gasteiger partial charge is 0.496 e. The molecule has 0 aliphatic carbocycles. The van der Waals surface area contributed by atoms with Crippen molar-refractivity contribution >= 4 is 27.5 Å². The lowest BCUT2D eigenvalue weighted by Crippen LogP contribution is -1.97. The first-order chi connectivity index (χ1) is 8.13. The second kappa shape index (κ2) is 5.15. The highest BCUT2D eigenvalue weighted by Crippen LogP contribution is 2.38. The summed E-state index contributed by atoms with van der Waals surface area (Å²) >= 11 is 9.92. The highest BCUT2D eigenvalue weighted by molar-refractivity contribution is 9.10. The Hall–Kier alpha value is -0.930. The van der Waals surface area contributed by atoms with E-state index in [1.807, 2.05) is 25.1 Å². The van der Waals surface area contributed by atoms with E-state index in [2.05, 4.69) is 15.9 Å². The summed E-state index contributed by atoms with van der Waals surface area (Å²) in [7, 11) is 1.64. The monoisotopic (exact) mass is 314 g/mol. The van der Waals surface area contributed by atoms with Gasteiger partial charge in [-0.25, -0.2) is 0 Å². The lowest BCUT2D eigenvalue weighted by molar-refractivity contribution is 0.409. The summed E-state index contributed by atoms with van der Waals surface area (Å²) in [5.41, 5.74) is 2.95. The summed E-state index contributed by atoms with van der Waals surface area (Å²) < 4.78 is 11.4. The van der Waals surface area contributed by atoms with Crippen LogP contribution in [0.4, 0.5) is 0 Å². The Balaban J connectivity index is 2.47. The second-order valence-electron chi connectivity index (χ2n) is 3.76. The number of methoxy groups -OCH3 is 1. The smallest absolute Gasteiger partial charge is 0.124 e. The van der Waals surface area contributed by atoms with Gasteiger partial charge < -0.3 is 9.15 Å². The standard InChI is InChI=1S/C13H12BrClO2/c1-8-5-12(16-2)10(6-11(8)14)13(15)9-3-4-17-7-9/h3-7,13H,1-2H3. The number of hydrogen-bond donors (Lipinski definition) is 0. The van der Waals surface area contributed by atoms with Crippen LogP contribution in [0.15, 0.2) is 39.6 Å². The Labute approximate surface area is 114 Å². The number of rotatable bonds is 3. The summed E-state index contributed by atoms with van der Waals surface area (Å²) in [5.74, 6) is 0.784. The quantitative estimate of drug-likeness (QED) is 0.767. The summed E-state index contributed by atoms with van der Waals surface area (Å²) in [6.45, 7) is 2.01. The maximum absolute atomic E-state index is 6.42. The normalized spacial score (nSPS) is 12.5. The first kappa shape index (κ1) is 12.5. The van der Waals surface area contributed by atoms with E-state index in [-0.39, 0.29) is 5.38 Å². The zero-order valence-corrected chi connectivity index (χ0v) is 11.9. The molecule has 0 saturated heterocycles. The van der Waals surface area contributed by atoms with Crippen LogP contribution in [0.2, 0.25) is 0 Å². The van der Waals surface area contributed by atoms with Crippen LogP contribution in [0.25, 0.3) is 0 Å². The molecule has 0 radical (unpaired) electrons. The maximum Gasteiger partial charge on any atom is 0.124 e. The minimum Gasteiger partial charge on any atom is -0.496 e. The van der Waals surface area contributed by atoms with E-state index in [9.17, 15) is 0 Å². The lowest BCUT2D eigenvalue weighted by Gasteiger charge is -2.14. The molecule has 1 aromatic heterocycles. The number of alkyl halides is 1. The molecule has 2 nitrogen and oxygen atoms in total. The second-order valence-corrected chi connectivity index (χ2v) is 5.05. The molecular formula is C13H12BrClO2. The summed E-state index contributed by atoms with van der Waals surface area (Å²) in [5, 5.41) is -0.277. The van der Waals surface area contributed by atoms with Crippen LogP contribution in [-0.2, 0) is 0 Å².